The average molecular weight is 508 g/mol. The molecule has 3 aliphatic rings. The Morgan fingerprint density at radius 2 is 1.83 bits per heavy atom. The highest BCUT2D eigenvalue weighted by molar-refractivity contribution is 7.99. The zero-order valence-electron chi connectivity index (χ0n) is 20.1. The molecule has 3 nitrogen and oxygen atoms in total. The molecule has 0 aliphatic carbocycles. The second-order valence-corrected chi connectivity index (χ2v) is 11.1. The van der Waals surface area contributed by atoms with Crippen LogP contribution in [0.4, 0.5) is 28.9 Å². The van der Waals surface area contributed by atoms with Gasteiger partial charge in [-0.2, -0.15) is 13.2 Å². The molecule has 8 heteroatoms. The van der Waals surface area contributed by atoms with Gasteiger partial charge < -0.3 is 15.1 Å². The van der Waals surface area contributed by atoms with Crippen molar-refractivity contribution in [2.24, 2.45) is 0 Å². The highest BCUT2D eigenvalue weighted by atomic mass is 32.2. The van der Waals surface area contributed by atoms with E-state index in [4.69, 9.17) is 0 Å². The van der Waals surface area contributed by atoms with Crippen LogP contribution < -0.4 is 10.2 Å². The molecule has 1 unspecified atom stereocenters. The molecule has 1 N–H and O–H groups in total. The van der Waals surface area contributed by atoms with Gasteiger partial charge >= 0.3 is 6.18 Å². The van der Waals surface area contributed by atoms with E-state index < -0.39 is 17.9 Å². The van der Waals surface area contributed by atoms with Crippen LogP contribution >= 0.6 is 11.8 Å². The fourth-order valence-corrected chi connectivity index (χ4v) is 6.68. The van der Waals surface area contributed by atoms with E-state index in [1.165, 1.54) is 23.9 Å². The monoisotopic (exact) mass is 507 g/mol. The van der Waals surface area contributed by atoms with Crippen LogP contribution in [0.5, 0.6) is 0 Å². The topological polar surface area (TPSA) is 18.5 Å². The Labute approximate surface area is 209 Å². The molecular formula is C27H33F4N3S. The fraction of sp³-hybridized carbons (Fsp3) is 0.556. The maximum atomic E-state index is 13.9. The Kier molecular flexibility index (Phi) is 7.22. The third-order valence-electron chi connectivity index (χ3n) is 7.39. The molecule has 2 saturated heterocycles. The molecule has 3 aliphatic heterocycles. The van der Waals surface area contributed by atoms with Crippen LogP contribution in [0.2, 0.25) is 0 Å². The Balaban J connectivity index is 1.40. The first-order valence-corrected chi connectivity index (χ1v) is 13.5. The second kappa shape index (κ2) is 10.2. The minimum atomic E-state index is -4.40. The van der Waals surface area contributed by atoms with Crippen LogP contribution in [0.25, 0.3) is 0 Å². The Hall–Kier alpha value is -1.93. The van der Waals surface area contributed by atoms with E-state index in [9.17, 15) is 17.6 Å². The van der Waals surface area contributed by atoms with E-state index in [1.54, 1.807) is 0 Å². The van der Waals surface area contributed by atoms with Crippen LogP contribution in [0.3, 0.4) is 0 Å². The normalized spacial score (nSPS) is 21.5. The van der Waals surface area contributed by atoms with Gasteiger partial charge in [0.15, 0.2) is 0 Å². The van der Waals surface area contributed by atoms with Gasteiger partial charge in [-0.25, -0.2) is 4.39 Å². The highest BCUT2D eigenvalue weighted by Gasteiger charge is 2.34. The van der Waals surface area contributed by atoms with Crippen molar-refractivity contribution in [3.63, 3.8) is 0 Å². The molecule has 0 spiro atoms. The summed E-state index contributed by atoms with van der Waals surface area (Å²) in [5.74, 6) is 0. The molecule has 1 atom stereocenters. The molecule has 0 bridgehead atoms. The summed E-state index contributed by atoms with van der Waals surface area (Å²) in [6.45, 7) is 6.38. The first-order valence-electron chi connectivity index (χ1n) is 12.7. The summed E-state index contributed by atoms with van der Waals surface area (Å²) in [5.41, 5.74) is 3.01. The predicted octanol–water partition coefficient (Wildman–Crippen LogP) is 6.99. The number of halogens is 4. The van der Waals surface area contributed by atoms with Crippen LogP contribution in [0.15, 0.2) is 40.1 Å². The van der Waals surface area contributed by atoms with Crippen LogP contribution in [0, 0.1) is 0 Å². The lowest BCUT2D eigenvalue weighted by atomic mass is 9.97. The number of nitrogens with zero attached hydrogens (tertiary/aromatic N) is 2. The average Bonchev–Trinajstić information content (AvgIpc) is 2.83. The Morgan fingerprint density at radius 1 is 1.03 bits per heavy atom. The van der Waals surface area contributed by atoms with E-state index in [2.05, 4.69) is 28.1 Å². The third-order valence-corrected chi connectivity index (χ3v) is 8.57. The van der Waals surface area contributed by atoms with E-state index in [0.717, 1.165) is 73.6 Å². The summed E-state index contributed by atoms with van der Waals surface area (Å²) < 4.78 is 55.4. The lowest BCUT2D eigenvalue weighted by Gasteiger charge is -2.34. The van der Waals surface area contributed by atoms with Gasteiger partial charge in [-0.05, 0) is 74.0 Å². The number of fused-ring (bicyclic) bond motifs is 2. The number of nitrogens with one attached hydrogen (secondary N) is 1. The van der Waals surface area contributed by atoms with Gasteiger partial charge in [-0.3, -0.25) is 0 Å². The van der Waals surface area contributed by atoms with E-state index in [-0.39, 0.29) is 6.04 Å². The molecule has 5 rings (SSSR count). The lowest BCUT2D eigenvalue weighted by Crippen LogP contribution is -2.39. The zero-order valence-corrected chi connectivity index (χ0v) is 21.0. The minimum absolute atomic E-state index is 0.178. The van der Waals surface area contributed by atoms with E-state index in [0.29, 0.717) is 30.0 Å². The van der Waals surface area contributed by atoms with Crippen molar-refractivity contribution in [3.8, 4) is 0 Å². The Morgan fingerprint density at radius 3 is 2.54 bits per heavy atom. The maximum Gasteiger partial charge on any atom is 0.416 e. The number of rotatable bonds is 5. The third kappa shape index (κ3) is 5.58. The molecule has 2 aromatic rings. The SMILES string of the molecule is CCCN1CCC(Nc2cc(C(F)(F)F)cc3c2Cc2ccc(N4CCCC(F)C4)cc2S3)CC1. The minimum Gasteiger partial charge on any atom is -0.382 e. The number of anilines is 2. The quantitative estimate of drug-likeness (QED) is 0.375. The van der Waals surface area contributed by atoms with Crippen LogP contribution in [0.1, 0.15) is 55.7 Å². The summed E-state index contributed by atoms with van der Waals surface area (Å²) in [5, 5.41) is 3.49. The first kappa shape index (κ1) is 24.8. The van der Waals surface area contributed by atoms with Crippen molar-refractivity contribution in [1.29, 1.82) is 0 Å². The van der Waals surface area contributed by atoms with Crippen molar-refractivity contribution in [3.05, 3.63) is 47.0 Å². The van der Waals surface area contributed by atoms with Gasteiger partial charge in [-0.15, -0.1) is 0 Å². The number of benzene rings is 2. The summed E-state index contributed by atoms with van der Waals surface area (Å²) >= 11 is 1.41. The number of alkyl halides is 4. The molecule has 0 aromatic heterocycles. The van der Waals surface area contributed by atoms with E-state index >= 15 is 0 Å². The van der Waals surface area contributed by atoms with Crippen molar-refractivity contribution in [1.82, 2.24) is 4.90 Å². The first-order chi connectivity index (χ1) is 16.8. The van der Waals surface area contributed by atoms with Gasteiger partial charge in [0.1, 0.15) is 6.17 Å². The van der Waals surface area contributed by atoms with Crippen molar-refractivity contribution >= 4 is 23.1 Å². The summed E-state index contributed by atoms with van der Waals surface area (Å²) in [7, 11) is 0. The summed E-state index contributed by atoms with van der Waals surface area (Å²) in [4.78, 5) is 6.11. The van der Waals surface area contributed by atoms with Gasteiger partial charge in [-0.1, -0.05) is 24.8 Å². The molecule has 2 aromatic carbocycles. The molecule has 190 valence electrons. The van der Waals surface area contributed by atoms with Gasteiger partial charge in [0.25, 0.3) is 0 Å². The molecular weight excluding hydrogens is 474 g/mol. The van der Waals surface area contributed by atoms with Crippen molar-refractivity contribution in [2.45, 2.75) is 73.6 Å². The lowest BCUT2D eigenvalue weighted by molar-refractivity contribution is -0.137. The molecule has 0 radical (unpaired) electrons. The van der Waals surface area contributed by atoms with Crippen molar-refractivity contribution < 1.29 is 17.6 Å². The van der Waals surface area contributed by atoms with Gasteiger partial charge in [0.05, 0.1) is 5.56 Å². The fourth-order valence-electron chi connectivity index (χ4n) is 5.50. The van der Waals surface area contributed by atoms with Gasteiger partial charge in [0, 0.05) is 59.8 Å². The highest BCUT2D eigenvalue weighted by Crippen LogP contribution is 2.46. The second-order valence-electron chi connectivity index (χ2n) is 10.0. The predicted molar refractivity (Wildman–Crippen MR) is 135 cm³/mol. The Bertz CT molecular complexity index is 1050. The molecule has 2 fully saturated rings. The number of hydrogen-bond acceptors (Lipinski definition) is 4. The zero-order chi connectivity index (χ0) is 24.6. The number of likely N-dealkylation sites (tertiary alicyclic amines) is 1. The summed E-state index contributed by atoms with van der Waals surface area (Å²) in [6, 6.07) is 8.89. The van der Waals surface area contributed by atoms with Crippen molar-refractivity contribution in [2.75, 3.05) is 42.9 Å². The van der Waals surface area contributed by atoms with Crippen LogP contribution in [-0.4, -0.2) is 49.8 Å². The summed E-state index contributed by atoms with van der Waals surface area (Å²) in [6.07, 6.45) is -0.241. The molecule has 35 heavy (non-hydrogen) atoms. The van der Waals surface area contributed by atoms with Gasteiger partial charge in [0.2, 0.25) is 0 Å². The smallest absolute Gasteiger partial charge is 0.382 e. The molecule has 0 saturated carbocycles. The van der Waals surface area contributed by atoms with E-state index in [1.807, 2.05) is 12.1 Å². The molecule has 3 heterocycles. The molecule has 0 amide bonds. The maximum absolute atomic E-state index is 13.9. The largest absolute Gasteiger partial charge is 0.416 e. The van der Waals surface area contributed by atoms with Crippen LogP contribution in [-0.2, 0) is 12.6 Å². The number of piperidine rings is 2. The standard InChI is InChI=1S/C27H33F4N3S/c1-2-9-33-11-7-21(8-12-33)32-24-14-19(27(29,30)31)15-26-23(24)13-18-5-6-22(16-25(18)35-26)34-10-3-4-20(28)17-34/h5-6,14-16,20-21,32H,2-4,7-13,17H2,1H3. The number of hydrogen-bond donors (Lipinski definition) is 1.